The van der Waals surface area contributed by atoms with Crippen LogP contribution < -0.4 is 10.6 Å². The molecule has 2 aliphatic rings. The number of hydrogen-bond donors (Lipinski definition) is 3. The van der Waals surface area contributed by atoms with E-state index < -0.39 is 12.0 Å². The Morgan fingerprint density at radius 2 is 2.06 bits per heavy atom. The molecular formula is C13H22N2O3. The molecule has 18 heavy (non-hydrogen) atoms. The van der Waals surface area contributed by atoms with Gasteiger partial charge in [0.15, 0.2) is 0 Å². The number of hydrogen-bond acceptors (Lipinski definition) is 2. The van der Waals surface area contributed by atoms with Crippen LogP contribution in [-0.4, -0.2) is 29.7 Å². The smallest absolute Gasteiger partial charge is 0.326 e. The van der Waals surface area contributed by atoms with Gasteiger partial charge in [0.2, 0.25) is 0 Å². The van der Waals surface area contributed by atoms with E-state index in [2.05, 4.69) is 17.6 Å². The first-order valence-electron chi connectivity index (χ1n) is 6.83. The lowest BCUT2D eigenvalue weighted by Gasteiger charge is -2.41. The third-order valence-corrected chi connectivity index (χ3v) is 4.43. The minimum absolute atomic E-state index is 0.122. The van der Waals surface area contributed by atoms with Gasteiger partial charge in [-0.05, 0) is 43.4 Å². The summed E-state index contributed by atoms with van der Waals surface area (Å²) in [5, 5.41) is 14.4. The molecule has 0 saturated heterocycles. The number of carbonyl (C=O) groups is 2. The summed E-state index contributed by atoms with van der Waals surface area (Å²) < 4.78 is 0. The largest absolute Gasteiger partial charge is 0.480 e. The van der Waals surface area contributed by atoms with Gasteiger partial charge in [0.25, 0.3) is 0 Å². The number of carbonyl (C=O) groups excluding carboxylic acids is 1. The highest BCUT2D eigenvalue weighted by molar-refractivity contribution is 5.83. The van der Waals surface area contributed by atoms with E-state index in [9.17, 15) is 9.59 Å². The van der Waals surface area contributed by atoms with Crippen LogP contribution in [0, 0.1) is 11.3 Å². The van der Waals surface area contributed by atoms with Gasteiger partial charge in [0.05, 0.1) is 0 Å². The molecule has 5 nitrogen and oxygen atoms in total. The topological polar surface area (TPSA) is 78.4 Å². The molecule has 0 radical (unpaired) electrons. The molecule has 0 aromatic carbocycles. The molecule has 3 N–H and O–H groups in total. The first-order valence-corrected chi connectivity index (χ1v) is 6.83. The molecule has 1 atom stereocenters. The first kappa shape index (κ1) is 13.2. The van der Waals surface area contributed by atoms with Crippen LogP contribution in [0.5, 0.6) is 0 Å². The van der Waals surface area contributed by atoms with Gasteiger partial charge in [-0.2, -0.15) is 0 Å². The van der Waals surface area contributed by atoms with Crippen molar-refractivity contribution in [2.45, 2.75) is 51.5 Å². The van der Waals surface area contributed by atoms with Crippen molar-refractivity contribution in [3.8, 4) is 0 Å². The highest BCUT2D eigenvalue weighted by atomic mass is 16.4. The summed E-state index contributed by atoms with van der Waals surface area (Å²) in [6.07, 6.45) is 6.42. The normalized spacial score (nSPS) is 22.7. The SMILES string of the molecule is CCC1(CNC(=O)NC(C(=O)O)C2CC2)CCC1. The summed E-state index contributed by atoms with van der Waals surface area (Å²) >= 11 is 0. The summed E-state index contributed by atoms with van der Waals surface area (Å²) in [6, 6.07) is -1.06. The minimum Gasteiger partial charge on any atom is -0.480 e. The molecule has 0 aromatic rings. The Hall–Kier alpha value is -1.26. The fourth-order valence-corrected chi connectivity index (χ4v) is 2.60. The number of nitrogens with one attached hydrogen (secondary N) is 2. The van der Waals surface area contributed by atoms with E-state index in [0.29, 0.717) is 6.54 Å². The molecule has 102 valence electrons. The van der Waals surface area contributed by atoms with Crippen molar-refractivity contribution in [2.24, 2.45) is 11.3 Å². The molecule has 2 rings (SSSR count). The number of amides is 2. The summed E-state index contributed by atoms with van der Waals surface area (Å²) in [5.41, 5.74) is 0.260. The molecule has 2 saturated carbocycles. The van der Waals surface area contributed by atoms with Crippen molar-refractivity contribution in [1.29, 1.82) is 0 Å². The van der Waals surface area contributed by atoms with Crippen LogP contribution in [0.25, 0.3) is 0 Å². The van der Waals surface area contributed by atoms with Crippen molar-refractivity contribution in [3.05, 3.63) is 0 Å². The van der Waals surface area contributed by atoms with Crippen molar-refractivity contribution in [3.63, 3.8) is 0 Å². The fraction of sp³-hybridized carbons (Fsp3) is 0.846. The van der Waals surface area contributed by atoms with E-state index >= 15 is 0 Å². The molecule has 0 bridgehead atoms. The molecule has 1 unspecified atom stereocenters. The monoisotopic (exact) mass is 254 g/mol. The zero-order chi connectivity index (χ0) is 13.2. The van der Waals surface area contributed by atoms with Crippen LogP contribution >= 0.6 is 0 Å². The third-order valence-electron chi connectivity index (χ3n) is 4.43. The van der Waals surface area contributed by atoms with Crippen LogP contribution in [0.1, 0.15) is 45.4 Å². The second-order valence-corrected chi connectivity index (χ2v) is 5.69. The number of carboxylic acids is 1. The number of rotatable bonds is 6. The average molecular weight is 254 g/mol. The first-order chi connectivity index (χ1) is 8.56. The van der Waals surface area contributed by atoms with Gasteiger partial charge in [-0.15, -0.1) is 0 Å². The van der Waals surface area contributed by atoms with Crippen LogP contribution in [-0.2, 0) is 4.79 Å². The lowest BCUT2D eigenvalue weighted by atomic mass is 9.67. The zero-order valence-electron chi connectivity index (χ0n) is 10.9. The second kappa shape index (κ2) is 5.16. The fourth-order valence-electron chi connectivity index (χ4n) is 2.60. The maximum Gasteiger partial charge on any atom is 0.326 e. The van der Waals surface area contributed by atoms with E-state index in [1.54, 1.807) is 0 Å². The van der Waals surface area contributed by atoms with Crippen molar-refractivity contribution < 1.29 is 14.7 Å². The van der Waals surface area contributed by atoms with E-state index in [0.717, 1.165) is 32.1 Å². The van der Waals surface area contributed by atoms with E-state index in [-0.39, 0.29) is 17.4 Å². The maximum absolute atomic E-state index is 11.7. The molecule has 0 aromatic heterocycles. The predicted molar refractivity (Wildman–Crippen MR) is 67.3 cm³/mol. The van der Waals surface area contributed by atoms with Crippen molar-refractivity contribution in [2.75, 3.05) is 6.54 Å². The van der Waals surface area contributed by atoms with Crippen LogP contribution in [0.2, 0.25) is 0 Å². The van der Waals surface area contributed by atoms with Gasteiger partial charge in [0, 0.05) is 6.54 Å². The molecule has 2 aliphatic carbocycles. The van der Waals surface area contributed by atoms with Gasteiger partial charge in [-0.25, -0.2) is 9.59 Å². The van der Waals surface area contributed by atoms with E-state index in [1.807, 2.05) is 0 Å². The highest BCUT2D eigenvalue weighted by Crippen LogP contribution is 2.43. The maximum atomic E-state index is 11.7. The Bertz CT molecular complexity index is 330. The molecule has 0 spiro atoms. The van der Waals surface area contributed by atoms with Crippen LogP contribution in [0.4, 0.5) is 4.79 Å². The summed E-state index contributed by atoms with van der Waals surface area (Å²) in [7, 11) is 0. The summed E-state index contributed by atoms with van der Waals surface area (Å²) in [4.78, 5) is 22.7. The van der Waals surface area contributed by atoms with Crippen LogP contribution in [0.15, 0.2) is 0 Å². The molecule has 0 heterocycles. The summed E-state index contributed by atoms with van der Waals surface area (Å²) in [6.45, 7) is 2.80. The average Bonchev–Trinajstić information content (AvgIpc) is 3.08. The quantitative estimate of drug-likeness (QED) is 0.675. The molecule has 5 heteroatoms. The lowest BCUT2D eigenvalue weighted by Crippen LogP contribution is -2.50. The van der Waals surface area contributed by atoms with E-state index in [4.69, 9.17) is 5.11 Å². The number of aliphatic carboxylic acids is 1. The van der Waals surface area contributed by atoms with Gasteiger partial charge < -0.3 is 15.7 Å². The Morgan fingerprint density at radius 3 is 2.44 bits per heavy atom. The predicted octanol–water partition coefficient (Wildman–Crippen LogP) is 1.73. The Morgan fingerprint density at radius 1 is 1.39 bits per heavy atom. The zero-order valence-corrected chi connectivity index (χ0v) is 10.9. The van der Waals surface area contributed by atoms with Gasteiger partial charge in [-0.1, -0.05) is 13.3 Å². The Balaban J connectivity index is 1.75. The standard InChI is InChI=1S/C13H22N2O3/c1-2-13(6-3-7-13)8-14-12(18)15-10(11(16)17)9-4-5-9/h9-10H,2-8H2,1H3,(H,16,17)(H2,14,15,18). The molecule has 2 amide bonds. The lowest BCUT2D eigenvalue weighted by molar-refractivity contribution is -0.139. The Labute approximate surface area is 107 Å². The van der Waals surface area contributed by atoms with Gasteiger partial charge >= 0.3 is 12.0 Å². The number of carboxylic acid groups (broad SMARTS) is 1. The van der Waals surface area contributed by atoms with Gasteiger partial charge in [-0.3, -0.25) is 0 Å². The van der Waals surface area contributed by atoms with Crippen molar-refractivity contribution >= 4 is 12.0 Å². The second-order valence-electron chi connectivity index (χ2n) is 5.69. The molecule has 0 aliphatic heterocycles. The molecule has 2 fully saturated rings. The highest BCUT2D eigenvalue weighted by Gasteiger charge is 2.38. The molecular weight excluding hydrogens is 232 g/mol. The third kappa shape index (κ3) is 2.94. The Kier molecular flexibility index (Phi) is 3.78. The van der Waals surface area contributed by atoms with Crippen LogP contribution in [0.3, 0.4) is 0 Å². The van der Waals surface area contributed by atoms with Gasteiger partial charge in [0.1, 0.15) is 6.04 Å². The summed E-state index contributed by atoms with van der Waals surface area (Å²) in [5.74, 6) is -0.807. The number of urea groups is 1. The van der Waals surface area contributed by atoms with E-state index in [1.165, 1.54) is 6.42 Å². The van der Waals surface area contributed by atoms with Crippen molar-refractivity contribution in [1.82, 2.24) is 10.6 Å². The minimum atomic E-state index is -0.929.